The fourth-order valence-corrected chi connectivity index (χ4v) is 3.48. The summed E-state index contributed by atoms with van der Waals surface area (Å²) in [4.78, 5) is 32.8. The van der Waals surface area contributed by atoms with Crippen molar-refractivity contribution in [3.63, 3.8) is 0 Å². The lowest BCUT2D eigenvalue weighted by Gasteiger charge is -2.21. The highest BCUT2D eigenvalue weighted by Crippen LogP contribution is 2.23. The standard InChI is InChI=1S/C13H24N2O6S2/c1-13(2,3)21-12(19)15-9(11(17)18)4-6-22-23-7-5-10(14)20-8-16/h8-10H,4-7,14H2,1-3H3,(H,15,19)(H,17,18)/t9-,10+/m0/s1. The Morgan fingerprint density at radius 1 is 1.26 bits per heavy atom. The van der Waals surface area contributed by atoms with E-state index in [-0.39, 0.29) is 6.42 Å². The summed E-state index contributed by atoms with van der Waals surface area (Å²) in [5.41, 5.74) is 4.80. The molecule has 2 atom stereocenters. The van der Waals surface area contributed by atoms with Gasteiger partial charge in [0.15, 0.2) is 6.23 Å². The van der Waals surface area contributed by atoms with E-state index in [0.717, 1.165) is 0 Å². The third kappa shape index (κ3) is 13.0. The minimum atomic E-state index is -1.11. The van der Waals surface area contributed by atoms with Crippen LogP contribution in [-0.4, -0.2) is 53.0 Å². The molecule has 0 spiro atoms. The van der Waals surface area contributed by atoms with Gasteiger partial charge in [0.25, 0.3) is 6.47 Å². The van der Waals surface area contributed by atoms with Gasteiger partial charge in [-0.3, -0.25) is 10.5 Å². The van der Waals surface area contributed by atoms with E-state index < -0.39 is 29.9 Å². The molecule has 0 aliphatic rings. The second-order valence-corrected chi connectivity index (χ2v) is 8.23. The molecule has 10 heteroatoms. The van der Waals surface area contributed by atoms with E-state index in [2.05, 4.69) is 10.1 Å². The Balaban J connectivity index is 3.95. The van der Waals surface area contributed by atoms with Crippen LogP contribution in [0, 0.1) is 0 Å². The molecule has 0 bridgehead atoms. The van der Waals surface area contributed by atoms with Crippen LogP contribution < -0.4 is 11.1 Å². The monoisotopic (exact) mass is 368 g/mol. The quantitative estimate of drug-likeness (QED) is 0.215. The number of hydrogen-bond acceptors (Lipinski definition) is 8. The van der Waals surface area contributed by atoms with Crippen LogP contribution in [0.5, 0.6) is 0 Å². The molecule has 23 heavy (non-hydrogen) atoms. The molecule has 8 nitrogen and oxygen atoms in total. The number of carbonyl (C=O) groups is 3. The second-order valence-electron chi connectivity index (χ2n) is 5.53. The third-order valence-electron chi connectivity index (χ3n) is 2.28. The SMILES string of the molecule is CC(C)(C)OC(=O)N[C@@H](CCSSCC[C@H](N)OC=O)C(=O)O. The maximum Gasteiger partial charge on any atom is 0.408 e. The number of carbonyl (C=O) groups excluding carboxylic acids is 2. The fraction of sp³-hybridized carbons (Fsp3) is 0.769. The smallest absolute Gasteiger partial charge is 0.408 e. The Hall–Kier alpha value is -1.13. The summed E-state index contributed by atoms with van der Waals surface area (Å²) < 4.78 is 9.57. The summed E-state index contributed by atoms with van der Waals surface area (Å²) in [6, 6.07) is -1.00. The van der Waals surface area contributed by atoms with Gasteiger partial charge in [-0.05, 0) is 27.2 Å². The Labute approximate surface area is 143 Å². The van der Waals surface area contributed by atoms with Crippen LogP contribution in [0.1, 0.15) is 33.6 Å². The van der Waals surface area contributed by atoms with E-state index >= 15 is 0 Å². The first kappa shape index (κ1) is 21.9. The van der Waals surface area contributed by atoms with Gasteiger partial charge in [0.05, 0.1) is 0 Å². The zero-order valence-corrected chi connectivity index (χ0v) is 15.1. The summed E-state index contributed by atoms with van der Waals surface area (Å²) in [6.45, 7) is 5.41. The summed E-state index contributed by atoms with van der Waals surface area (Å²) in [6.07, 6.45) is -0.598. The van der Waals surface area contributed by atoms with Crippen LogP contribution in [0.3, 0.4) is 0 Å². The highest BCUT2D eigenvalue weighted by molar-refractivity contribution is 8.76. The van der Waals surface area contributed by atoms with Crippen LogP contribution in [0.15, 0.2) is 0 Å². The van der Waals surface area contributed by atoms with Crippen LogP contribution in [0.4, 0.5) is 4.79 Å². The highest BCUT2D eigenvalue weighted by Gasteiger charge is 2.23. The maximum absolute atomic E-state index is 11.6. The Kier molecular flexibility index (Phi) is 10.9. The summed E-state index contributed by atoms with van der Waals surface area (Å²) >= 11 is 0. The van der Waals surface area contributed by atoms with E-state index in [0.29, 0.717) is 24.4 Å². The molecule has 0 aliphatic heterocycles. The lowest BCUT2D eigenvalue weighted by molar-refractivity contribution is -0.139. The normalized spacial score (nSPS) is 13.7. The number of amides is 1. The molecule has 0 saturated heterocycles. The van der Waals surface area contributed by atoms with E-state index in [1.165, 1.54) is 21.6 Å². The Morgan fingerprint density at radius 2 is 1.83 bits per heavy atom. The number of aliphatic carboxylic acids is 1. The Morgan fingerprint density at radius 3 is 2.30 bits per heavy atom. The number of nitrogens with two attached hydrogens (primary N) is 1. The van der Waals surface area contributed by atoms with Gasteiger partial charge in [-0.2, -0.15) is 0 Å². The largest absolute Gasteiger partial charge is 0.480 e. The van der Waals surface area contributed by atoms with Gasteiger partial charge in [-0.1, -0.05) is 21.6 Å². The molecule has 134 valence electrons. The topological polar surface area (TPSA) is 128 Å². The first-order valence-electron chi connectivity index (χ1n) is 6.97. The van der Waals surface area contributed by atoms with Gasteiger partial charge in [0.2, 0.25) is 0 Å². The van der Waals surface area contributed by atoms with Gasteiger partial charge >= 0.3 is 12.1 Å². The third-order valence-corrected chi connectivity index (χ3v) is 4.75. The number of nitrogens with one attached hydrogen (secondary N) is 1. The number of rotatable bonds is 11. The number of carboxylic acids is 1. The van der Waals surface area contributed by atoms with Gasteiger partial charge in [-0.25, -0.2) is 9.59 Å². The number of alkyl carbamates (subject to hydrolysis) is 1. The Bertz CT molecular complexity index is 389. The predicted octanol–water partition coefficient (Wildman–Crippen LogP) is 1.58. The van der Waals surface area contributed by atoms with Crippen molar-refractivity contribution in [3.05, 3.63) is 0 Å². The minimum absolute atomic E-state index is 0.267. The van der Waals surface area contributed by atoms with E-state index in [9.17, 15) is 14.4 Å². The summed E-state index contributed by atoms with van der Waals surface area (Å²) in [5.74, 6) is 0.0841. The fourth-order valence-electron chi connectivity index (χ4n) is 1.29. The van der Waals surface area contributed by atoms with Crippen molar-refractivity contribution in [2.45, 2.75) is 51.5 Å². The molecule has 0 rings (SSSR count). The van der Waals surface area contributed by atoms with Crippen molar-refractivity contribution in [1.29, 1.82) is 0 Å². The van der Waals surface area contributed by atoms with E-state index in [1.807, 2.05) is 0 Å². The molecule has 0 fully saturated rings. The molecule has 0 unspecified atom stereocenters. The number of hydrogen-bond donors (Lipinski definition) is 3. The van der Waals surface area contributed by atoms with Crippen molar-refractivity contribution in [3.8, 4) is 0 Å². The van der Waals surface area contributed by atoms with Crippen LogP contribution in [0.2, 0.25) is 0 Å². The molecule has 1 amide bonds. The van der Waals surface area contributed by atoms with Crippen LogP contribution in [-0.2, 0) is 19.1 Å². The van der Waals surface area contributed by atoms with Crippen molar-refractivity contribution >= 4 is 40.1 Å². The lowest BCUT2D eigenvalue weighted by atomic mass is 10.2. The zero-order chi connectivity index (χ0) is 17.9. The lowest BCUT2D eigenvalue weighted by Crippen LogP contribution is -2.43. The van der Waals surface area contributed by atoms with Crippen LogP contribution >= 0.6 is 21.6 Å². The number of carboxylic acid groups (broad SMARTS) is 1. The van der Waals surface area contributed by atoms with Crippen molar-refractivity contribution in [2.24, 2.45) is 5.73 Å². The predicted molar refractivity (Wildman–Crippen MR) is 90.1 cm³/mol. The first-order chi connectivity index (χ1) is 10.7. The molecule has 0 aromatic carbocycles. The molecule has 0 heterocycles. The van der Waals surface area contributed by atoms with Gasteiger partial charge in [0.1, 0.15) is 11.6 Å². The molecule has 0 aromatic heterocycles. The van der Waals surface area contributed by atoms with Crippen LogP contribution in [0.25, 0.3) is 0 Å². The molecule has 0 aromatic rings. The van der Waals surface area contributed by atoms with Gasteiger partial charge in [-0.15, -0.1) is 0 Å². The van der Waals surface area contributed by atoms with Crippen molar-refractivity contribution in [2.75, 3.05) is 11.5 Å². The molecule has 0 saturated carbocycles. The second kappa shape index (κ2) is 11.4. The summed E-state index contributed by atoms with van der Waals surface area (Å²) in [7, 11) is 2.95. The van der Waals surface area contributed by atoms with Crippen molar-refractivity contribution in [1.82, 2.24) is 5.32 Å². The van der Waals surface area contributed by atoms with E-state index in [4.69, 9.17) is 15.6 Å². The molecule has 0 radical (unpaired) electrons. The molecular formula is C13H24N2O6S2. The number of ether oxygens (including phenoxy) is 2. The zero-order valence-electron chi connectivity index (χ0n) is 13.4. The average Bonchev–Trinajstić information content (AvgIpc) is 2.39. The van der Waals surface area contributed by atoms with E-state index in [1.54, 1.807) is 20.8 Å². The van der Waals surface area contributed by atoms with Gasteiger partial charge < -0.3 is 19.9 Å². The molecule has 4 N–H and O–H groups in total. The summed E-state index contributed by atoms with van der Waals surface area (Å²) in [5, 5.41) is 11.4. The average molecular weight is 368 g/mol. The van der Waals surface area contributed by atoms with Crippen molar-refractivity contribution < 1.29 is 29.0 Å². The molecule has 0 aliphatic carbocycles. The first-order valence-corrected chi connectivity index (χ1v) is 9.46. The minimum Gasteiger partial charge on any atom is -0.480 e. The van der Waals surface area contributed by atoms with Gasteiger partial charge in [0, 0.05) is 17.9 Å². The molecular weight excluding hydrogens is 344 g/mol. The highest BCUT2D eigenvalue weighted by atomic mass is 33.1. The maximum atomic E-state index is 11.6.